The van der Waals surface area contributed by atoms with Crippen molar-refractivity contribution >= 4 is 36.8 Å². The van der Waals surface area contributed by atoms with Gasteiger partial charge in [-0.25, -0.2) is 14.4 Å². The lowest BCUT2D eigenvalue weighted by Crippen LogP contribution is -2.55. The molecule has 0 heterocycles. The van der Waals surface area contributed by atoms with Crippen molar-refractivity contribution in [2.24, 2.45) is 0 Å². The van der Waals surface area contributed by atoms with Crippen LogP contribution in [0.2, 0.25) is 0 Å². The number of aldehydes is 3. The smallest absolute Gasteiger partial charge is 0.338 e. The Morgan fingerprint density at radius 1 is 0.543 bits per heavy atom. The molecule has 18 nitrogen and oxygen atoms in total. The Bertz CT molecular complexity index is 755. The molecule has 10 N–H and O–H groups in total. The van der Waals surface area contributed by atoms with Gasteiger partial charge in [0.2, 0.25) is 0 Å². The van der Waals surface area contributed by atoms with E-state index in [1.165, 1.54) is 0 Å². The minimum absolute atomic E-state index is 0.277. The van der Waals surface area contributed by atoms with E-state index in [-0.39, 0.29) is 12.6 Å². The van der Waals surface area contributed by atoms with Crippen LogP contribution in [0.15, 0.2) is 0 Å². The number of rotatable bonds is 16. The van der Waals surface area contributed by atoms with Gasteiger partial charge in [0.15, 0.2) is 49.4 Å². The summed E-state index contributed by atoms with van der Waals surface area (Å²) in [6.07, 6.45) is -29.7. The maximum atomic E-state index is 12.0. The Morgan fingerprint density at radius 3 is 1.40 bits per heavy atom. The molecule has 0 aliphatic rings. The molecule has 0 aromatic heterocycles. The summed E-state index contributed by atoms with van der Waals surface area (Å²) in [6.45, 7) is 0. The topological polar surface area (TPSA) is 323 Å². The number of carbonyl (C=O) groups excluding carboxylic acids is 5. The van der Waals surface area contributed by atoms with E-state index < -0.39 is 91.3 Å². The Balaban J connectivity index is 5.89. The molecule has 0 rings (SSSR count). The lowest BCUT2D eigenvalue weighted by Gasteiger charge is -2.31. The number of aliphatic hydroxyl groups excluding tert-OH is 9. The third kappa shape index (κ3) is 8.65. The fourth-order valence-corrected chi connectivity index (χ4v) is 2.25. The molecule has 0 aliphatic carbocycles. The van der Waals surface area contributed by atoms with E-state index in [1.54, 1.807) is 0 Å². The number of aliphatic carboxylic acids is 1. The van der Waals surface area contributed by atoms with Gasteiger partial charge in [-0.3, -0.25) is 4.79 Å². The van der Waals surface area contributed by atoms with Crippen LogP contribution in [-0.2, 0) is 38.2 Å². The van der Waals surface area contributed by atoms with Gasteiger partial charge in [0, 0.05) is 0 Å². The molecule has 0 fully saturated rings. The third-order valence-electron chi connectivity index (χ3n) is 4.33. The van der Waals surface area contributed by atoms with E-state index in [0.29, 0.717) is 0 Å². The van der Waals surface area contributed by atoms with Crippen molar-refractivity contribution in [3.8, 4) is 0 Å². The minimum Gasteiger partial charge on any atom is -0.479 e. The second-order valence-electron chi connectivity index (χ2n) is 6.83. The van der Waals surface area contributed by atoms with E-state index in [4.69, 9.17) is 15.3 Å². The first-order valence-corrected chi connectivity index (χ1v) is 9.28. The van der Waals surface area contributed by atoms with Crippen molar-refractivity contribution < 1.29 is 89.3 Å². The average Bonchev–Trinajstić information content (AvgIpc) is 2.85. The lowest BCUT2D eigenvalue weighted by molar-refractivity contribution is -0.202. The van der Waals surface area contributed by atoms with E-state index in [9.17, 15) is 64.5 Å². The number of carboxylic acids is 1. The van der Waals surface area contributed by atoms with Crippen molar-refractivity contribution in [2.75, 3.05) is 0 Å². The van der Waals surface area contributed by atoms with E-state index in [1.807, 2.05) is 0 Å². The largest absolute Gasteiger partial charge is 0.479 e. The molecule has 0 aromatic carbocycles. The van der Waals surface area contributed by atoms with Gasteiger partial charge in [-0.15, -0.1) is 0 Å². The fourth-order valence-electron chi connectivity index (χ4n) is 2.25. The maximum Gasteiger partial charge on any atom is 0.338 e. The number of esters is 2. The van der Waals surface area contributed by atoms with Gasteiger partial charge in [0.1, 0.15) is 36.6 Å². The summed E-state index contributed by atoms with van der Waals surface area (Å²) < 4.78 is 8.80. The first-order valence-electron chi connectivity index (χ1n) is 9.28. The predicted octanol–water partition coefficient (Wildman–Crippen LogP) is -8.26. The molecule has 0 aromatic rings. The number of aliphatic hydroxyl groups is 9. The Hall–Kier alpha value is -2.94. The highest BCUT2D eigenvalue weighted by Crippen LogP contribution is 2.16. The zero-order valence-electron chi connectivity index (χ0n) is 17.3. The standard InChI is InChI=1S/C17H24O18/c18-1-4(21)7(23)9(25)13(29)16(32)34-6(3-20)14(10(26)11(27)15(30)31)35-17(33)12(28)8(24)5(22)2-19/h1-14,21-29H,(H,30,31)/t4-,5-,6-,7+,8+,9-,10-,11-,12-,13-,14+/m0/s1. The van der Waals surface area contributed by atoms with Crippen LogP contribution in [0.1, 0.15) is 0 Å². The Kier molecular flexibility index (Phi) is 13.2. The van der Waals surface area contributed by atoms with Crippen LogP contribution in [0.25, 0.3) is 0 Å². The summed E-state index contributed by atoms with van der Waals surface area (Å²) in [5.41, 5.74) is 0. The molecule has 0 bridgehead atoms. The van der Waals surface area contributed by atoms with Gasteiger partial charge < -0.3 is 70.1 Å². The molecule has 0 spiro atoms. The van der Waals surface area contributed by atoms with Gasteiger partial charge >= 0.3 is 17.9 Å². The molecule has 35 heavy (non-hydrogen) atoms. The quantitative estimate of drug-likeness (QED) is 0.0672. The zero-order chi connectivity index (χ0) is 27.6. The highest BCUT2D eigenvalue weighted by Gasteiger charge is 2.45. The van der Waals surface area contributed by atoms with Gasteiger partial charge in [-0.05, 0) is 0 Å². The van der Waals surface area contributed by atoms with Crippen LogP contribution in [-0.4, -0.2) is 155 Å². The Labute approximate surface area is 194 Å². The summed E-state index contributed by atoms with van der Waals surface area (Å²) >= 11 is 0. The minimum atomic E-state index is -2.84. The van der Waals surface area contributed by atoms with Crippen LogP contribution in [0.5, 0.6) is 0 Å². The van der Waals surface area contributed by atoms with Crippen LogP contribution in [0, 0.1) is 0 Å². The number of carboxylic acid groups (broad SMARTS) is 1. The highest BCUT2D eigenvalue weighted by atomic mass is 16.6. The van der Waals surface area contributed by atoms with Crippen LogP contribution >= 0.6 is 0 Å². The van der Waals surface area contributed by atoms with Gasteiger partial charge in [0.25, 0.3) is 0 Å². The molecule has 0 saturated carbocycles. The number of hydrogen-bond acceptors (Lipinski definition) is 17. The molecule has 0 aliphatic heterocycles. The number of hydrogen-bond donors (Lipinski definition) is 10. The van der Waals surface area contributed by atoms with Crippen LogP contribution in [0.3, 0.4) is 0 Å². The SMILES string of the molecule is O=C[C@H](OC(=O)[C@@H](O)[C@@H](O)[C@H](O)[C@@H](O)C=O)[C@@H](OC(=O)[C@@H](O)[C@H](O)[C@@H](O)C=O)[C@@H](O)[C@H](O)C(=O)O. The second-order valence-corrected chi connectivity index (χ2v) is 6.83. The first kappa shape index (κ1) is 32.1. The van der Waals surface area contributed by atoms with Crippen molar-refractivity contribution in [1.82, 2.24) is 0 Å². The summed E-state index contributed by atoms with van der Waals surface area (Å²) in [6, 6.07) is 0. The Morgan fingerprint density at radius 2 is 0.971 bits per heavy atom. The lowest BCUT2D eigenvalue weighted by atomic mass is 10.0. The fraction of sp³-hybridized carbons (Fsp3) is 0.647. The van der Waals surface area contributed by atoms with Crippen molar-refractivity contribution in [3.05, 3.63) is 0 Å². The molecular formula is C17H24O18. The first-order chi connectivity index (χ1) is 16.2. The van der Waals surface area contributed by atoms with E-state index >= 15 is 0 Å². The summed E-state index contributed by atoms with van der Waals surface area (Å²) in [5.74, 6) is -6.22. The third-order valence-corrected chi connectivity index (χ3v) is 4.33. The molecule has 0 unspecified atom stereocenters. The van der Waals surface area contributed by atoms with Gasteiger partial charge in [0.05, 0.1) is 0 Å². The average molecular weight is 516 g/mol. The van der Waals surface area contributed by atoms with Gasteiger partial charge in [-0.2, -0.15) is 0 Å². The van der Waals surface area contributed by atoms with Crippen molar-refractivity contribution in [3.63, 3.8) is 0 Å². The molecular weight excluding hydrogens is 492 g/mol. The molecule has 0 radical (unpaired) electrons. The molecule has 18 heteroatoms. The van der Waals surface area contributed by atoms with Crippen molar-refractivity contribution in [2.45, 2.75) is 67.1 Å². The van der Waals surface area contributed by atoms with Gasteiger partial charge in [-0.1, -0.05) is 0 Å². The van der Waals surface area contributed by atoms with Crippen molar-refractivity contribution in [1.29, 1.82) is 0 Å². The molecule has 11 atom stereocenters. The summed E-state index contributed by atoms with van der Waals surface area (Å²) in [5, 5.41) is 94.5. The normalized spacial score (nSPS) is 20.8. The summed E-state index contributed by atoms with van der Waals surface area (Å²) in [4.78, 5) is 67.3. The van der Waals surface area contributed by atoms with E-state index in [2.05, 4.69) is 9.47 Å². The number of ether oxygens (including phenoxy) is 2. The van der Waals surface area contributed by atoms with E-state index in [0.717, 1.165) is 0 Å². The molecule has 0 saturated heterocycles. The molecule has 0 amide bonds. The number of carbonyl (C=O) groups is 6. The van der Waals surface area contributed by atoms with Crippen LogP contribution < -0.4 is 0 Å². The second kappa shape index (κ2) is 14.5. The highest BCUT2D eigenvalue weighted by molar-refractivity contribution is 5.80. The monoisotopic (exact) mass is 516 g/mol. The predicted molar refractivity (Wildman–Crippen MR) is 99.6 cm³/mol. The maximum absolute atomic E-state index is 12.0. The molecule has 200 valence electrons. The zero-order valence-corrected chi connectivity index (χ0v) is 17.3. The summed E-state index contributed by atoms with van der Waals surface area (Å²) in [7, 11) is 0. The van der Waals surface area contributed by atoms with Crippen LogP contribution in [0.4, 0.5) is 0 Å².